The van der Waals surface area contributed by atoms with E-state index in [4.69, 9.17) is 14.6 Å². The number of hydrazone groups is 1. The first-order chi connectivity index (χ1) is 18.5. The summed E-state index contributed by atoms with van der Waals surface area (Å²) in [4.78, 5) is 29.9. The van der Waals surface area contributed by atoms with Gasteiger partial charge >= 0.3 is 0 Å². The van der Waals surface area contributed by atoms with Crippen LogP contribution in [0.15, 0.2) is 89.0 Å². The van der Waals surface area contributed by atoms with Crippen molar-refractivity contribution in [3.63, 3.8) is 0 Å². The van der Waals surface area contributed by atoms with Gasteiger partial charge in [0.15, 0.2) is 5.17 Å². The molecule has 0 radical (unpaired) electrons. The third-order valence-corrected chi connectivity index (χ3v) is 7.40. The maximum absolute atomic E-state index is 12.8. The van der Waals surface area contributed by atoms with Crippen LogP contribution in [0.5, 0.6) is 11.5 Å². The number of hydrogen-bond acceptors (Lipinski definition) is 7. The second-order valence-electron chi connectivity index (χ2n) is 8.80. The van der Waals surface area contributed by atoms with Crippen LogP contribution < -0.4 is 14.8 Å². The average Bonchev–Trinajstić information content (AvgIpc) is 3.54. The SMILES string of the molecule is CCOc1ccc(NC(=O)C[C@@H]2SC(N3N=C(c4ccc(OC)cc4)C[C@H]3c3ccccc3)=NC2=O)cc1. The van der Waals surface area contributed by atoms with Crippen molar-refractivity contribution in [1.82, 2.24) is 5.01 Å². The highest BCUT2D eigenvalue weighted by molar-refractivity contribution is 8.15. The maximum Gasteiger partial charge on any atom is 0.262 e. The lowest BCUT2D eigenvalue weighted by Gasteiger charge is -2.23. The second kappa shape index (κ2) is 11.5. The van der Waals surface area contributed by atoms with Gasteiger partial charge < -0.3 is 14.8 Å². The molecule has 5 rings (SSSR count). The van der Waals surface area contributed by atoms with E-state index in [0.717, 1.165) is 28.3 Å². The molecule has 0 bridgehead atoms. The molecule has 0 fully saturated rings. The Morgan fingerprint density at radius 1 is 1.03 bits per heavy atom. The maximum atomic E-state index is 12.8. The predicted octanol–water partition coefficient (Wildman–Crippen LogP) is 5.27. The first-order valence-corrected chi connectivity index (χ1v) is 13.3. The van der Waals surface area contributed by atoms with Gasteiger partial charge in [-0.25, -0.2) is 5.01 Å². The molecule has 38 heavy (non-hydrogen) atoms. The summed E-state index contributed by atoms with van der Waals surface area (Å²) in [5, 5.41) is 9.46. The van der Waals surface area contributed by atoms with Crippen LogP contribution >= 0.6 is 11.8 Å². The minimum Gasteiger partial charge on any atom is -0.497 e. The molecule has 0 spiro atoms. The van der Waals surface area contributed by atoms with Crippen molar-refractivity contribution < 1.29 is 19.1 Å². The zero-order valence-corrected chi connectivity index (χ0v) is 22.0. The average molecular weight is 529 g/mol. The number of methoxy groups -OCH3 is 1. The number of anilines is 1. The minimum atomic E-state index is -0.607. The zero-order chi connectivity index (χ0) is 26.5. The number of rotatable bonds is 8. The topological polar surface area (TPSA) is 92.6 Å². The quantitative estimate of drug-likeness (QED) is 0.428. The van der Waals surface area contributed by atoms with E-state index in [-0.39, 0.29) is 24.3 Å². The molecule has 2 atom stereocenters. The minimum absolute atomic E-state index is 0.0165. The molecule has 2 heterocycles. The molecule has 1 N–H and O–H groups in total. The highest BCUT2D eigenvalue weighted by Crippen LogP contribution is 2.38. The number of aliphatic imine (C=N–C) groups is 1. The number of thioether (sulfide) groups is 1. The molecular weight excluding hydrogens is 500 g/mol. The fourth-order valence-corrected chi connectivity index (χ4v) is 5.43. The summed E-state index contributed by atoms with van der Waals surface area (Å²) >= 11 is 1.28. The lowest BCUT2D eigenvalue weighted by molar-refractivity contribution is -0.121. The van der Waals surface area contributed by atoms with Crippen molar-refractivity contribution in [3.05, 3.63) is 90.0 Å². The predicted molar refractivity (Wildman–Crippen MR) is 150 cm³/mol. The van der Waals surface area contributed by atoms with Crippen molar-refractivity contribution in [2.75, 3.05) is 19.0 Å². The van der Waals surface area contributed by atoms with Gasteiger partial charge in [-0.05, 0) is 66.6 Å². The van der Waals surface area contributed by atoms with Crippen molar-refractivity contribution in [3.8, 4) is 11.5 Å². The Morgan fingerprint density at radius 3 is 2.42 bits per heavy atom. The number of ether oxygens (including phenoxy) is 2. The van der Waals surface area contributed by atoms with Crippen LogP contribution in [0.3, 0.4) is 0 Å². The Kier molecular flexibility index (Phi) is 7.74. The molecule has 8 nitrogen and oxygen atoms in total. The fourth-order valence-electron chi connectivity index (χ4n) is 4.37. The van der Waals surface area contributed by atoms with Crippen LogP contribution in [-0.2, 0) is 9.59 Å². The molecule has 2 amide bonds. The van der Waals surface area contributed by atoms with Gasteiger partial charge in [-0.15, -0.1) is 0 Å². The van der Waals surface area contributed by atoms with E-state index < -0.39 is 5.25 Å². The number of hydrogen-bond donors (Lipinski definition) is 1. The smallest absolute Gasteiger partial charge is 0.262 e. The molecule has 2 aliphatic heterocycles. The van der Waals surface area contributed by atoms with Gasteiger partial charge in [0.1, 0.15) is 16.7 Å². The Morgan fingerprint density at radius 2 is 1.74 bits per heavy atom. The summed E-state index contributed by atoms with van der Waals surface area (Å²) in [5.74, 6) is 0.932. The molecule has 9 heteroatoms. The van der Waals surface area contributed by atoms with Crippen LogP contribution in [0.25, 0.3) is 0 Å². The first kappa shape index (κ1) is 25.5. The lowest BCUT2D eigenvalue weighted by atomic mass is 9.98. The van der Waals surface area contributed by atoms with Crippen LogP contribution in [-0.4, -0.2) is 46.7 Å². The van der Waals surface area contributed by atoms with E-state index in [1.165, 1.54) is 11.8 Å². The van der Waals surface area contributed by atoms with E-state index in [9.17, 15) is 9.59 Å². The molecule has 2 aliphatic rings. The van der Waals surface area contributed by atoms with Crippen LogP contribution in [0.1, 0.15) is 36.9 Å². The number of amides is 2. The van der Waals surface area contributed by atoms with E-state index in [1.807, 2.05) is 66.5 Å². The largest absolute Gasteiger partial charge is 0.497 e. The molecule has 3 aromatic carbocycles. The van der Waals surface area contributed by atoms with Crippen LogP contribution in [0.4, 0.5) is 5.69 Å². The number of nitrogens with zero attached hydrogens (tertiary/aromatic N) is 3. The Labute approximate surface area is 225 Å². The van der Waals surface area contributed by atoms with E-state index in [0.29, 0.717) is 23.9 Å². The molecule has 0 saturated carbocycles. The summed E-state index contributed by atoms with van der Waals surface area (Å²) in [6.45, 7) is 2.49. The first-order valence-electron chi connectivity index (χ1n) is 12.4. The molecule has 0 saturated heterocycles. The normalized spacial score (nSPS) is 18.7. The molecule has 0 aromatic heterocycles. The summed E-state index contributed by atoms with van der Waals surface area (Å²) in [6.07, 6.45) is 0.676. The third kappa shape index (κ3) is 5.73. The fraction of sp³-hybridized carbons (Fsp3) is 0.241. The van der Waals surface area contributed by atoms with Gasteiger partial charge in [0.05, 0.1) is 25.5 Å². The van der Waals surface area contributed by atoms with Gasteiger partial charge in [0.2, 0.25) is 5.91 Å². The van der Waals surface area contributed by atoms with E-state index in [2.05, 4.69) is 10.3 Å². The third-order valence-electron chi connectivity index (χ3n) is 6.26. The molecule has 0 unspecified atom stereocenters. The van der Waals surface area contributed by atoms with Gasteiger partial charge in [0.25, 0.3) is 5.91 Å². The van der Waals surface area contributed by atoms with Crippen molar-refractivity contribution >= 4 is 40.1 Å². The summed E-state index contributed by atoms with van der Waals surface area (Å²) in [6, 6.07) is 24.9. The number of carbonyl (C=O) groups is 2. The highest BCUT2D eigenvalue weighted by Gasteiger charge is 2.39. The van der Waals surface area contributed by atoms with Crippen LogP contribution in [0, 0.1) is 0 Å². The van der Waals surface area contributed by atoms with Gasteiger partial charge in [-0.1, -0.05) is 42.1 Å². The van der Waals surface area contributed by atoms with Gasteiger partial charge in [-0.2, -0.15) is 10.1 Å². The Balaban J connectivity index is 1.30. The number of nitrogens with one attached hydrogen (secondary N) is 1. The van der Waals surface area contributed by atoms with E-state index >= 15 is 0 Å². The second-order valence-corrected chi connectivity index (χ2v) is 9.97. The molecule has 3 aromatic rings. The molecule has 0 aliphatic carbocycles. The lowest BCUT2D eigenvalue weighted by Crippen LogP contribution is -2.25. The molecular formula is C29H28N4O4S. The van der Waals surface area contributed by atoms with Gasteiger partial charge in [0, 0.05) is 18.5 Å². The van der Waals surface area contributed by atoms with Gasteiger partial charge in [-0.3, -0.25) is 9.59 Å². The Hall–Kier alpha value is -4.11. The summed E-state index contributed by atoms with van der Waals surface area (Å²) < 4.78 is 10.7. The monoisotopic (exact) mass is 528 g/mol. The van der Waals surface area contributed by atoms with Crippen molar-refractivity contribution in [1.29, 1.82) is 0 Å². The van der Waals surface area contributed by atoms with E-state index in [1.54, 1.807) is 31.4 Å². The molecule has 194 valence electrons. The van der Waals surface area contributed by atoms with Crippen molar-refractivity contribution in [2.45, 2.75) is 31.1 Å². The summed E-state index contributed by atoms with van der Waals surface area (Å²) in [7, 11) is 1.64. The number of carbonyl (C=O) groups excluding carboxylic acids is 2. The highest BCUT2D eigenvalue weighted by atomic mass is 32.2. The standard InChI is InChI=1S/C29H28N4O4S/c1-3-37-23-15-11-21(12-16-23)30-27(34)18-26-28(35)31-29(38-26)33-25(20-7-5-4-6-8-20)17-24(32-33)19-9-13-22(36-2)14-10-19/h4-16,25-26H,3,17-18H2,1-2H3,(H,30,34)/t25-,26-/m0/s1. The van der Waals surface area contributed by atoms with Crippen LogP contribution in [0.2, 0.25) is 0 Å². The zero-order valence-electron chi connectivity index (χ0n) is 21.2. The van der Waals surface area contributed by atoms with Crippen molar-refractivity contribution in [2.24, 2.45) is 10.1 Å². The Bertz CT molecular complexity index is 1360. The summed E-state index contributed by atoms with van der Waals surface area (Å²) in [5.41, 5.74) is 3.60. The number of benzene rings is 3. The number of amidine groups is 1.